The van der Waals surface area contributed by atoms with Gasteiger partial charge in [-0.05, 0) is 31.1 Å². The summed E-state index contributed by atoms with van der Waals surface area (Å²) in [5.41, 5.74) is 0. The molecule has 0 aliphatic carbocycles. The van der Waals surface area contributed by atoms with E-state index in [1.165, 1.54) is 25.7 Å². The summed E-state index contributed by atoms with van der Waals surface area (Å²) in [6, 6.07) is 0. The van der Waals surface area contributed by atoms with Crippen LogP contribution in [0.5, 0.6) is 0 Å². The first-order valence-corrected chi connectivity index (χ1v) is 6.27. The molecule has 0 bridgehead atoms. The van der Waals surface area contributed by atoms with Crippen molar-refractivity contribution in [2.24, 2.45) is 11.8 Å². The van der Waals surface area contributed by atoms with Crippen LogP contribution < -0.4 is 0 Å². The van der Waals surface area contributed by atoms with Crippen molar-refractivity contribution in [3.05, 3.63) is 0 Å². The van der Waals surface area contributed by atoms with E-state index in [-0.39, 0.29) is 0 Å². The topological polar surface area (TPSA) is 18.5 Å². The number of methoxy groups -OCH3 is 1. The molecule has 0 amide bonds. The van der Waals surface area contributed by atoms with Crippen LogP contribution in [0.2, 0.25) is 0 Å². The molecule has 2 unspecified atom stereocenters. The van der Waals surface area contributed by atoms with Crippen molar-refractivity contribution < 1.29 is 9.47 Å². The highest BCUT2D eigenvalue weighted by Crippen LogP contribution is 2.20. The van der Waals surface area contributed by atoms with Gasteiger partial charge in [-0.25, -0.2) is 0 Å². The molecule has 0 aromatic rings. The van der Waals surface area contributed by atoms with Gasteiger partial charge in [0.1, 0.15) is 6.79 Å². The summed E-state index contributed by atoms with van der Waals surface area (Å²) < 4.78 is 10.1. The Kier molecular flexibility index (Phi) is 10.4. The van der Waals surface area contributed by atoms with Crippen molar-refractivity contribution in [1.82, 2.24) is 0 Å². The first kappa shape index (κ1) is 14.9. The Morgan fingerprint density at radius 3 is 2.33 bits per heavy atom. The van der Waals surface area contributed by atoms with Gasteiger partial charge in [-0.15, -0.1) is 0 Å². The molecule has 0 saturated heterocycles. The Morgan fingerprint density at radius 2 is 1.73 bits per heavy atom. The van der Waals surface area contributed by atoms with Crippen LogP contribution in [0.3, 0.4) is 0 Å². The van der Waals surface area contributed by atoms with Crippen LogP contribution in [0.25, 0.3) is 0 Å². The molecule has 0 N–H and O–H groups in total. The Balaban J connectivity index is 3.28. The lowest BCUT2D eigenvalue weighted by Crippen LogP contribution is -2.05. The minimum absolute atomic E-state index is 0.431. The third-order valence-corrected chi connectivity index (χ3v) is 2.77. The molecule has 0 aliphatic heterocycles. The van der Waals surface area contributed by atoms with E-state index in [9.17, 15) is 0 Å². The Hall–Kier alpha value is -0.0800. The summed E-state index contributed by atoms with van der Waals surface area (Å²) >= 11 is 0. The predicted molar refractivity (Wildman–Crippen MR) is 64.9 cm³/mol. The van der Waals surface area contributed by atoms with Gasteiger partial charge in [-0.3, -0.25) is 0 Å². The van der Waals surface area contributed by atoms with Gasteiger partial charge >= 0.3 is 0 Å². The molecule has 2 heteroatoms. The van der Waals surface area contributed by atoms with Crippen molar-refractivity contribution in [2.75, 3.05) is 20.5 Å². The molecule has 0 aromatic heterocycles. The quantitative estimate of drug-likeness (QED) is 0.408. The summed E-state index contributed by atoms with van der Waals surface area (Å²) in [7, 11) is 1.66. The Bertz CT molecular complexity index is 126. The molecule has 92 valence electrons. The van der Waals surface area contributed by atoms with Crippen molar-refractivity contribution in [3.63, 3.8) is 0 Å². The summed E-state index contributed by atoms with van der Waals surface area (Å²) in [6.45, 7) is 8.24. The third kappa shape index (κ3) is 10.2. The maximum Gasteiger partial charge on any atom is 0.146 e. The number of hydrogen-bond donors (Lipinski definition) is 0. The molecule has 2 atom stereocenters. The fraction of sp³-hybridized carbons (Fsp3) is 1.00. The van der Waals surface area contributed by atoms with E-state index in [4.69, 9.17) is 9.47 Å². The van der Waals surface area contributed by atoms with Gasteiger partial charge in [0.25, 0.3) is 0 Å². The SMILES string of the molecule is CCCC(C)CC(C)CCCOCOC. The minimum atomic E-state index is 0.431. The highest BCUT2D eigenvalue weighted by Gasteiger charge is 2.07. The van der Waals surface area contributed by atoms with E-state index in [1.54, 1.807) is 7.11 Å². The van der Waals surface area contributed by atoms with Gasteiger partial charge < -0.3 is 9.47 Å². The smallest absolute Gasteiger partial charge is 0.146 e. The molecule has 0 rings (SSSR count). The summed E-state index contributed by atoms with van der Waals surface area (Å²) in [5, 5.41) is 0. The molecule has 0 radical (unpaired) electrons. The molecule has 0 fully saturated rings. The second-order valence-corrected chi connectivity index (χ2v) is 4.69. The highest BCUT2D eigenvalue weighted by molar-refractivity contribution is 4.59. The largest absolute Gasteiger partial charge is 0.359 e. The average molecular weight is 216 g/mol. The van der Waals surface area contributed by atoms with Gasteiger partial charge in [0.05, 0.1) is 0 Å². The Morgan fingerprint density at radius 1 is 1.07 bits per heavy atom. The number of ether oxygens (including phenoxy) is 2. The Labute approximate surface area is 95.3 Å². The zero-order chi connectivity index (χ0) is 11.5. The molecule has 0 aliphatic rings. The molecule has 2 nitrogen and oxygen atoms in total. The summed E-state index contributed by atoms with van der Waals surface area (Å²) in [6.07, 6.45) is 6.47. The molecular formula is C13H28O2. The predicted octanol–water partition coefficient (Wildman–Crippen LogP) is 3.85. The maximum absolute atomic E-state index is 5.26. The van der Waals surface area contributed by atoms with Gasteiger partial charge in [-0.2, -0.15) is 0 Å². The van der Waals surface area contributed by atoms with E-state index in [2.05, 4.69) is 20.8 Å². The van der Waals surface area contributed by atoms with Crippen LogP contribution in [-0.2, 0) is 9.47 Å². The molecule has 0 heterocycles. The van der Waals surface area contributed by atoms with E-state index >= 15 is 0 Å². The first-order valence-electron chi connectivity index (χ1n) is 6.27. The molecule has 15 heavy (non-hydrogen) atoms. The van der Waals surface area contributed by atoms with Crippen molar-refractivity contribution in [1.29, 1.82) is 0 Å². The van der Waals surface area contributed by atoms with Crippen LogP contribution >= 0.6 is 0 Å². The lowest BCUT2D eigenvalue weighted by atomic mass is 9.91. The molecular weight excluding hydrogens is 188 g/mol. The van der Waals surface area contributed by atoms with E-state index < -0.39 is 0 Å². The maximum atomic E-state index is 5.26. The summed E-state index contributed by atoms with van der Waals surface area (Å²) in [4.78, 5) is 0. The lowest BCUT2D eigenvalue weighted by molar-refractivity contribution is -0.0323. The third-order valence-electron chi connectivity index (χ3n) is 2.77. The fourth-order valence-electron chi connectivity index (χ4n) is 2.09. The second kappa shape index (κ2) is 10.4. The highest BCUT2D eigenvalue weighted by atomic mass is 16.7. The molecule has 0 saturated carbocycles. The van der Waals surface area contributed by atoms with E-state index in [0.717, 1.165) is 24.9 Å². The normalized spacial score (nSPS) is 15.2. The fourth-order valence-corrected chi connectivity index (χ4v) is 2.09. The number of hydrogen-bond acceptors (Lipinski definition) is 2. The van der Waals surface area contributed by atoms with Crippen molar-refractivity contribution >= 4 is 0 Å². The lowest BCUT2D eigenvalue weighted by Gasteiger charge is -2.16. The van der Waals surface area contributed by atoms with E-state index in [0.29, 0.717) is 6.79 Å². The monoisotopic (exact) mass is 216 g/mol. The second-order valence-electron chi connectivity index (χ2n) is 4.69. The van der Waals surface area contributed by atoms with Crippen molar-refractivity contribution in [3.8, 4) is 0 Å². The summed E-state index contributed by atoms with van der Waals surface area (Å²) in [5.74, 6) is 1.71. The van der Waals surface area contributed by atoms with Gasteiger partial charge in [0.2, 0.25) is 0 Å². The van der Waals surface area contributed by atoms with Crippen LogP contribution in [0.1, 0.15) is 52.9 Å². The molecule has 0 spiro atoms. The zero-order valence-electron chi connectivity index (χ0n) is 10.9. The van der Waals surface area contributed by atoms with Crippen molar-refractivity contribution in [2.45, 2.75) is 52.9 Å². The van der Waals surface area contributed by atoms with Crippen LogP contribution in [0.4, 0.5) is 0 Å². The minimum Gasteiger partial charge on any atom is -0.359 e. The first-order chi connectivity index (χ1) is 7.20. The molecule has 0 aromatic carbocycles. The van der Waals surface area contributed by atoms with Crippen LogP contribution in [0.15, 0.2) is 0 Å². The standard InChI is InChI=1S/C13H28O2/c1-5-7-12(2)10-13(3)8-6-9-15-11-14-4/h12-13H,5-11H2,1-4H3. The van der Waals surface area contributed by atoms with Crippen LogP contribution in [-0.4, -0.2) is 20.5 Å². The van der Waals surface area contributed by atoms with Gasteiger partial charge in [-0.1, -0.05) is 33.6 Å². The number of rotatable bonds is 10. The van der Waals surface area contributed by atoms with Gasteiger partial charge in [0.15, 0.2) is 0 Å². The zero-order valence-corrected chi connectivity index (χ0v) is 10.9. The van der Waals surface area contributed by atoms with Crippen LogP contribution in [0, 0.1) is 11.8 Å². The van der Waals surface area contributed by atoms with Gasteiger partial charge in [0, 0.05) is 13.7 Å². The average Bonchev–Trinajstić information content (AvgIpc) is 2.17. The van der Waals surface area contributed by atoms with E-state index in [1.807, 2.05) is 0 Å².